The van der Waals surface area contributed by atoms with Crippen molar-refractivity contribution in [3.05, 3.63) is 33.8 Å². The zero-order valence-electron chi connectivity index (χ0n) is 17.7. The van der Waals surface area contributed by atoms with Gasteiger partial charge in [0.05, 0.1) is 5.56 Å². The Balaban J connectivity index is 1.54. The summed E-state index contributed by atoms with van der Waals surface area (Å²) in [6.45, 7) is 3.22. The summed E-state index contributed by atoms with van der Waals surface area (Å²) in [5, 5.41) is 5.31. The normalized spacial score (nSPS) is 13.7. The van der Waals surface area contributed by atoms with Gasteiger partial charge in [0.25, 0.3) is 5.88 Å². The van der Waals surface area contributed by atoms with Crippen molar-refractivity contribution in [2.75, 3.05) is 31.5 Å². The van der Waals surface area contributed by atoms with E-state index in [4.69, 9.17) is 15.2 Å². The SMILES string of the molecule is NC(=O)Oc1c(OCc2c(F)cc(Br)cc2F)nsc1NC(=O)NCCCCN1CCCC1. The largest absolute Gasteiger partial charge is 0.469 e. The molecule has 1 aromatic carbocycles. The summed E-state index contributed by atoms with van der Waals surface area (Å²) in [5.74, 6) is -2.12. The number of unbranched alkanes of at least 4 members (excludes halogenated alkanes) is 1. The number of aromatic nitrogens is 1. The van der Waals surface area contributed by atoms with Gasteiger partial charge in [0, 0.05) is 11.0 Å². The lowest BCUT2D eigenvalue weighted by Crippen LogP contribution is -2.30. The molecule has 180 valence electrons. The monoisotopic (exact) mass is 547 g/mol. The lowest BCUT2D eigenvalue weighted by Gasteiger charge is -2.14. The second-order valence-corrected chi connectivity index (χ2v) is 9.03. The van der Waals surface area contributed by atoms with Gasteiger partial charge in [0.15, 0.2) is 5.00 Å². The fourth-order valence-electron chi connectivity index (χ4n) is 3.30. The standard InChI is InChI=1S/C20H24BrF2N5O4S/c21-12-9-14(22)13(15(23)10-12)11-31-17-16(32-19(24)29)18(33-27-17)26-20(30)25-5-1-2-6-28-7-3-4-8-28/h9-10H,1-8,11H2,(H2,24,29)(H2,25,26,30). The number of carbonyl (C=O) groups is 2. The van der Waals surface area contributed by atoms with Gasteiger partial charge in [-0.25, -0.2) is 18.4 Å². The number of urea groups is 1. The summed E-state index contributed by atoms with van der Waals surface area (Å²) in [5.41, 5.74) is 4.76. The molecular weight excluding hydrogens is 524 g/mol. The minimum absolute atomic E-state index is 0.0649. The summed E-state index contributed by atoms with van der Waals surface area (Å²) in [4.78, 5) is 25.9. The maximum atomic E-state index is 14.0. The van der Waals surface area contributed by atoms with Crippen molar-refractivity contribution in [3.63, 3.8) is 0 Å². The van der Waals surface area contributed by atoms with Crippen LogP contribution in [0.5, 0.6) is 11.6 Å². The van der Waals surface area contributed by atoms with Crippen molar-refractivity contribution >= 4 is 44.6 Å². The molecule has 1 fully saturated rings. The number of rotatable bonds is 10. The molecule has 3 amide bonds. The van der Waals surface area contributed by atoms with Crippen molar-refractivity contribution < 1.29 is 27.8 Å². The summed E-state index contributed by atoms with van der Waals surface area (Å²) >= 11 is 3.77. The number of hydrogen-bond acceptors (Lipinski definition) is 7. The zero-order chi connectivity index (χ0) is 23.8. The number of amides is 3. The fraction of sp³-hybridized carbons (Fsp3) is 0.450. The van der Waals surface area contributed by atoms with E-state index in [1.165, 1.54) is 12.8 Å². The first-order chi connectivity index (χ1) is 15.8. The highest BCUT2D eigenvalue weighted by Crippen LogP contribution is 2.39. The van der Waals surface area contributed by atoms with Gasteiger partial charge < -0.3 is 25.4 Å². The molecule has 0 saturated carbocycles. The van der Waals surface area contributed by atoms with E-state index < -0.39 is 30.4 Å². The molecule has 1 aromatic heterocycles. The van der Waals surface area contributed by atoms with Crippen LogP contribution in [0.15, 0.2) is 16.6 Å². The van der Waals surface area contributed by atoms with Gasteiger partial charge in [-0.15, -0.1) is 4.37 Å². The van der Waals surface area contributed by atoms with Crippen LogP contribution in [0.25, 0.3) is 0 Å². The van der Waals surface area contributed by atoms with Crippen LogP contribution in [-0.2, 0) is 6.61 Å². The molecule has 3 rings (SSSR count). The Morgan fingerprint density at radius 1 is 1.21 bits per heavy atom. The first-order valence-corrected chi connectivity index (χ1v) is 11.9. The van der Waals surface area contributed by atoms with Crippen molar-refractivity contribution in [2.45, 2.75) is 32.3 Å². The Hall–Kier alpha value is -2.51. The van der Waals surface area contributed by atoms with Crippen LogP contribution >= 0.6 is 27.5 Å². The third-order valence-corrected chi connectivity index (χ3v) is 6.08. The van der Waals surface area contributed by atoms with Crippen LogP contribution in [0.1, 0.15) is 31.2 Å². The Kier molecular flexibility index (Phi) is 9.21. The molecule has 0 spiro atoms. The highest BCUT2D eigenvalue weighted by molar-refractivity contribution is 9.10. The molecule has 0 unspecified atom stereocenters. The Morgan fingerprint density at radius 2 is 1.91 bits per heavy atom. The van der Waals surface area contributed by atoms with Gasteiger partial charge in [-0.05, 0) is 69.0 Å². The highest BCUT2D eigenvalue weighted by Gasteiger charge is 2.22. The fourth-order valence-corrected chi connectivity index (χ4v) is 4.36. The molecule has 0 atom stereocenters. The molecule has 4 N–H and O–H groups in total. The van der Waals surface area contributed by atoms with Crippen molar-refractivity contribution in [2.24, 2.45) is 5.73 Å². The number of carbonyl (C=O) groups excluding carboxylic acids is 2. The number of nitrogens with one attached hydrogen (secondary N) is 2. The maximum absolute atomic E-state index is 14.0. The average Bonchev–Trinajstić information content (AvgIpc) is 3.38. The number of nitrogens with zero attached hydrogens (tertiary/aromatic N) is 2. The molecule has 13 heteroatoms. The van der Waals surface area contributed by atoms with E-state index in [9.17, 15) is 18.4 Å². The summed E-state index contributed by atoms with van der Waals surface area (Å²) < 4.78 is 42.5. The van der Waals surface area contributed by atoms with Gasteiger partial charge in [-0.2, -0.15) is 0 Å². The number of nitrogens with two attached hydrogens (primary N) is 1. The average molecular weight is 548 g/mol. The second kappa shape index (κ2) is 12.1. The minimum atomic E-state index is -1.16. The molecule has 0 aliphatic carbocycles. The van der Waals surface area contributed by atoms with Gasteiger partial charge in [0.1, 0.15) is 18.2 Å². The molecule has 9 nitrogen and oxygen atoms in total. The smallest absolute Gasteiger partial charge is 0.410 e. The van der Waals surface area contributed by atoms with E-state index in [1.54, 1.807) is 0 Å². The predicted octanol–water partition coefficient (Wildman–Crippen LogP) is 4.22. The number of anilines is 1. The van der Waals surface area contributed by atoms with Crippen molar-refractivity contribution in [3.8, 4) is 11.6 Å². The first-order valence-electron chi connectivity index (χ1n) is 10.3. The lowest BCUT2D eigenvalue weighted by molar-refractivity contribution is 0.205. The molecular formula is C20H24BrF2N5O4S. The van der Waals surface area contributed by atoms with Gasteiger partial charge in [-0.1, -0.05) is 15.9 Å². The molecule has 0 radical (unpaired) electrons. The van der Waals surface area contributed by atoms with E-state index in [1.807, 2.05) is 0 Å². The van der Waals surface area contributed by atoms with E-state index in [0.717, 1.165) is 56.1 Å². The van der Waals surface area contributed by atoms with E-state index in [0.29, 0.717) is 6.54 Å². The Labute approximate surface area is 201 Å². The number of hydrogen-bond donors (Lipinski definition) is 3. The van der Waals surface area contributed by atoms with Gasteiger partial charge in [0.2, 0.25) is 5.75 Å². The Morgan fingerprint density at radius 3 is 2.58 bits per heavy atom. The summed E-state index contributed by atoms with van der Waals surface area (Å²) in [6, 6.07) is 1.66. The third-order valence-electron chi connectivity index (χ3n) is 4.89. The quantitative estimate of drug-likeness (QED) is 0.383. The third kappa shape index (κ3) is 7.51. The van der Waals surface area contributed by atoms with Crippen LogP contribution in [0.2, 0.25) is 0 Å². The van der Waals surface area contributed by atoms with Gasteiger partial charge in [-0.3, -0.25) is 5.32 Å². The van der Waals surface area contributed by atoms with Crippen LogP contribution in [0, 0.1) is 11.6 Å². The van der Waals surface area contributed by atoms with Crippen LogP contribution in [0.3, 0.4) is 0 Å². The zero-order valence-corrected chi connectivity index (χ0v) is 20.1. The number of ether oxygens (including phenoxy) is 2. The van der Waals surface area contributed by atoms with Crippen LogP contribution in [-0.4, -0.2) is 47.6 Å². The lowest BCUT2D eigenvalue weighted by atomic mass is 10.2. The number of primary amides is 1. The molecule has 1 saturated heterocycles. The molecule has 33 heavy (non-hydrogen) atoms. The highest BCUT2D eigenvalue weighted by atomic mass is 79.9. The van der Waals surface area contributed by atoms with Crippen molar-refractivity contribution in [1.29, 1.82) is 0 Å². The second-order valence-electron chi connectivity index (χ2n) is 7.34. The molecule has 1 aliphatic rings. The van der Waals surface area contributed by atoms with Crippen molar-refractivity contribution in [1.82, 2.24) is 14.6 Å². The number of likely N-dealkylation sites (tertiary alicyclic amines) is 1. The molecule has 2 aromatic rings. The summed E-state index contributed by atoms with van der Waals surface area (Å²) in [7, 11) is 0. The topological polar surface area (TPSA) is 119 Å². The molecule has 2 heterocycles. The van der Waals surface area contributed by atoms with Gasteiger partial charge >= 0.3 is 12.1 Å². The van der Waals surface area contributed by atoms with Crippen LogP contribution in [0.4, 0.5) is 23.4 Å². The van der Waals surface area contributed by atoms with E-state index in [2.05, 4.69) is 35.8 Å². The van der Waals surface area contributed by atoms with E-state index >= 15 is 0 Å². The van der Waals surface area contributed by atoms with Crippen LogP contribution < -0.4 is 25.8 Å². The molecule has 0 bridgehead atoms. The predicted molar refractivity (Wildman–Crippen MR) is 123 cm³/mol. The first kappa shape index (κ1) is 25.1. The Bertz CT molecular complexity index is 964. The minimum Gasteiger partial charge on any atom is -0.469 e. The maximum Gasteiger partial charge on any atom is 0.410 e. The summed E-state index contributed by atoms with van der Waals surface area (Å²) in [6.07, 6.45) is 3.10. The number of halogens is 3. The molecule has 1 aliphatic heterocycles. The number of benzene rings is 1. The van der Waals surface area contributed by atoms with E-state index in [-0.39, 0.29) is 26.7 Å².